The van der Waals surface area contributed by atoms with Crippen LogP contribution >= 0.6 is 0 Å². The van der Waals surface area contributed by atoms with Gasteiger partial charge >= 0.3 is 0 Å². The Labute approximate surface area is 301 Å². The fraction of sp³-hybridized carbons (Fsp3) is 0.333. The Balaban J connectivity index is 1.84. The third kappa shape index (κ3) is 9.36. The van der Waals surface area contributed by atoms with Crippen molar-refractivity contribution in [1.29, 1.82) is 0 Å². The predicted octanol–water partition coefficient (Wildman–Crippen LogP) is 13.3. The number of unbranched alkanes of at least 4 members (excludes halogenated alkanes) is 10. The molecule has 0 amide bonds. The monoisotopic (exact) mass is 662 g/mol. The zero-order chi connectivity index (χ0) is 35.0. The summed E-state index contributed by atoms with van der Waals surface area (Å²) in [5.74, 6) is -0.0444. The van der Waals surface area contributed by atoms with E-state index < -0.39 is 0 Å². The van der Waals surface area contributed by atoms with Crippen LogP contribution in [0.5, 0.6) is 0 Å². The van der Waals surface area contributed by atoms with Crippen LogP contribution in [0.15, 0.2) is 121 Å². The van der Waals surface area contributed by atoms with Crippen molar-refractivity contribution >= 4 is 11.6 Å². The quantitative estimate of drug-likeness (QED) is 0.0614. The van der Waals surface area contributed by atoms with Crippen LogP contribution in [0.3, 0.4) is 0 Å². The van der Waals surface area contributed by atoms with E-state index >= 15 is 9.59 Å². The number of benzene rings is 5. The van der Waals surface area contributed by atoms with Gasteiger partial charge in [0.15, 0.2) is 11.6 Å². The van der Waals surface area contributed by atoms with Crippen LogP contribution in [-0.2, 0) is 12.8 Å². The van der Waals surface area contributed by atoms with Gasteiger partial charge in [0.25, 0.3) is 0 Å². The maximum absolute atomic E-state index is 15.1. The molecule has 50 heavy (non-hydrogen) atoms. The minimum atomic E-state index is -0.0410. The molecule has 0 aliphatic rings. The summed E-state index contributed by atoms with van der Waals surface area (Å²) in [6.45, 7) is 4.51. The summed E-state index contributed by atoms with van der Waals surface area (Å²) >= 11 is 0. The lowest BCUT2D eigenvalue weighted by Gasteiger charge is -2.27. The van der Waals surface area contributed by atoms with Crippen LogP contribution in [-0.4, -0.2) is 11.6 Å². The minimum absolute atomic E-state index is 0.00337. The van der Waals surface area contributed by atoms with Crippen molar-refractivity contribution in [2.24, 2.45) is 0 Å². The average molecular weight is 663 g/mol. The number of hydrogen-bond donors (Lipinski definition) is 0. The first kappa shape index (κ1) is 36.7. The van der Waals surface area contributed by atoms with Crippen LogP contribution in [0.4, 0.5) is 0 Å². The Hall–Kier alpha value is -4.56. The fourth-order valence-corrected chi connectivity index (χ4v) is 7.33. The topological polar surface area (TPSA) is 34.1 Å². The van der Waals surface area contributed by atoms with E-state index in [2.05, 4.69) is 50.2 Å². The standard InChI is InChI=1S/C48H54O2/c1-3-5-7-9-11-25-35-41-42(36-26-12-10-8-6-4-2)45(47(49)39-31-21-15-22-32-39)44(38-29-19-14-20-30-38)46(43(41)37-27-17-13-18-28-37)48(50)40-33-23-16-24-34-40/h13-24,27-34H,3-12,25-26,35-36H2,1-2H3. The number of ketones is 2. The summed E-state index contributed by atoms with van der Waals surface area (Å²) in [5.41, 5.74) is 8.64. The molecule has 0 heterocycles. The molecule has 0 N–H and O–H groups in total. The normalized spacial score (nSPS) is 11.1. The molecular weight excluding hydrogens is 609 g/mol. The lowest BCUT2D eigenvalue weighted by molar-refractivity contribution is 0.103. The van der Waals surface area contributed by atoms with Crippen LogP contribution in [0.25, 0.3) is 22.3 Å². The molecule has 0 spiro atoms. The molecule has 258 valence electrons. The van der Waals surface area contributed by atoms with E-state index in [4.69, 9.17) is 0 Å². The van der Waals surface area contributed by atoms with Crippen LogP contribution in [0, 0.1) is 0 Å². The Morgan fingerprint density at radius 3 is 1.20 bits per heavy atom. The van der Waals surface area contributed by atoms with Gasteiger partial charge in [0.2, 0.25) is 0 Å². The van der Waals surface area contributed by atoms with Gasteiger partial charge in [-0.25, -0.2) is 0 Å². The van der Waals surface area contributed by atoms with Crippen molar-refractivity contribution in [2.45, 2.75) is 104 Å². The highest BCUT2D eigenvalue weighted by Gasteiger charge is 2.32. The molecular formula is C48H54O2. The van der Waals surface area contributed by atoms with Crippen LogP contribution < -0.4 is 0 Å². The second kappa shape index (κ2) is 19.6. The molecule has 0 aliphatic carbocycles. The van der Waals surface area contributed by atoms with Gasteiger partial charge in [-0.2, -0.15) is 0 Å². The van der Waals surface area contributed by atoms with E-state index in [9.17, 15) is 0 Å². The molecule has 0 saturated carbocycles. The summed E-state index contributed by atoms with van der Waals surface area (Å²) < 4.78 is 0. The first-order valence-electron chi connectivity index (χ1n) is 19.2. The minimum Gasteiger partial charge on any atom is -0.289 e. The third-order valence-electron chi connectivity index (χ3n) is 9.93. The zero-order valence-electron chi connectivity index (χ0n) is 30.3. The summed E-state index contributed by atoms with van der Waals surface area (Å²) in [6.07, 6.45) is 15.8. The SMILES string of the molecule is CCCCCCCCc1c(CCCCCCCC)c(-c2ccccc2)c(C(=O)c2ccccc2)c(-c2ccccc2)c1C(=O)c1ccccc1. The van der Waals surface area contributed by atoms with Crippen molar-refractivity contribution in [3.8, 4) is 22.3 Å². The lowest BCUT2D eigenvalue weighted by atomic mass is 9.75. The molecule has 0 atom stereocenters. The number of hydrogen-bond acceptors (Lipinski definition) is 2. The van der Waals surface area contributed by atoms with Gasteiger partial charge in [-0.15, -0.1) is 0 Å². The van der Waals surface area contributed by atoms with Gasteiger partial charge in [0.1, 0.15) is 0 Å². The van der Waals surface area contributed by atoms with Crippen LogP contribution in [0.2, 0.25) is 0 Å². The maximum Gasteiger partial charge on any atom is 0.194 e. The van der Waals surface area contributed by atoms with Gasteiger partial charge in [-0.3, -0.25) is 9.59 Å². The highest BCUT2D eigenvalue weighted by atomic mass is 16.1. The van der Waals surface area contributed by atoms with E-state index in [0.29, 0.717) is 22.3 Å². The highest BCUT2D eigenvalue weighted by Crippen LogP contribution is 2.44. The Morgan fingerprint density at radius 2 is 0.740 bits per heavy atom. The molecule has 0 aromatic heterocycles. The number of carbonyl (C=O) groups excluding carboxylic acids is 2. The lowest BCUT2D eigenvalue weighted by Crippen LogP contribution is -2.18. The largest absolute Gasteiger partial charge is 0.289 e. The van der Waals surface area contributed by atoms with E-state index in [1.807, 2.05) is 84.9 Å². The van der Waals surface area contributed by atoms with Crippen molar-refractivity contribution in [3.63, 3.8) is 0 Å². The van der Waals surface area contributed by atoms with Gasteiger partial charge in [0.05, 0.1) is 0 Å². The van der Waals surface area contributed by atoms with Crippen LogP contribution in [0.1, 0.15) is 134 Å². The summed E-state index contributed by atoms with van der Waals surface area (Å²) in [5, 5.41) is 0. The van der Waals surface area contributed by atoms with Gasteiger partial charge in [-0.05, 0) is 53.5 Å². The van der Waals surface area contributed by atoms with E-state index in [-0.39, 0.29) is 11.6 Å². The zero-order valence-corrected chi connectivity index (χ0v) is 30.3. The van der Waals surface area contributed by atoms with E-state index in [0.717, 1.165) is 66.3 Å². The molecule has 5 rings (SSSR count). The first-order valence-corrected chi connectivity index (χ1v) is 19.2. The van der Waals surface area contributed by atoms with Gasteiger partial charge in [0, 0.05) is 27.8 Å². The van der Waals surface area contributed by atoms with E-state index in [1.54, 1.807) is 0 Å². The molecule has 2 heteroatoms. The molecule has 2 nitrogen and oxygen atoms in total. The molecule has 0 bridgehead atoms. The van der Waals surface area contributed by atoms with Gasteiger partial charge < -0.3 is 0 Å². The van der Waals surface area contributed by atoms with Crippen molar-refractivity contribution < 1.29 is 9.59 Å². The average Bonchev–Trinajstić information content (AvgIpc) is 3.18. The molecule has 5 aromatic rings. The molecule has 0 aliphatic heterocycles. The second-order valence-corrected chi connectivity index (χ2v) is 13.6. The van der Waals surface area contributed by atoms with Crippen molar-refractivity contribution in [1.82, 2.24) is 0 Å². The first-order chi connectivity index (χ1) is 24.7. The predicted molar refractivity (Wildman–Crippen MR) is 211 cm³/mol. The number of rotatable bonds is 20. The Kier molecular flexibility index (Phi) is 14.4. The second-order valence-electron chi connectivity index (χ2n) is 13.6. The summed E-state index contributed by atoms with van der Waals surface area (Å²) in [6, 6.07) is 39.9. The summed E-state index contributed by atoms with van der Waals surface area (Å²) in [7, 11) is 0. The molecule has 0 fully saturated rings. The van der Waals surface area contributed by atoms with E-state index in [1.165, 1.54) is 56.9 Å². The molecule has 0 radical (unpaired) electrons. The van der Waals surface area contributed by atoms with Crippen molar-refractivity contribution in [2.75, 3.05) is 0 Å². The molecule has 0 saturated heterocycles. The molecule has 5 aromatic carbocycles. The maximum atomic E-state index is 15.1. The number of carbonyl (C=O) groups is 2. The van der Waals surface area contributed by atoms with Crippen molar-refractivity contribution in [3.05, 3.63) is 155 Å². The Morgan fingerprint density at radius 1 is 0.380 bits per heavy atom. The smallest absolute Gasteiger partial charge is 0.194 e. The third-order valence-corrected chi connectivity index (χ3v) is 9.93. The summed E-state index contributed by atoms with van der Waals surface area (Å²) in [4.78, 5) is 30.2. The highest BCUT2D eigenvalue weighted by molar-refractivity contribution is 6.23. The van der Waals surface area contributed by atoms with Gasteiger partial charge in [-0.1, -0.05) is 199 Å². The fourth-order valence-electron chi connectivity index (χ4n) is 7.33. The Bertz CT molecular complexity index is 1770. The molecule has 0 unspecified atom stereocenters.